The molecule has 22 heavy (non-hydrogen) atoms. The van der Waals surface area contributed by atoms with Crippen molar-refractivity contribution in [3.05, 3.63) is 35.4 Å². The topological polar surface area (TPSA) is 67.4 Å². The number of carbonyl (C=O) groups excluding carboxylic acids is 2. The van der Waals surface area contributed by atoms with E-state index in [-0.39, 0.29) is 24.0 Å². The highest BCUT2D eigenvalue weighted by molar-refractivity contribution is 5.89. The maximum Gasteiger partial charge on any atom is 0.337 e. The van der Waals surface area contributed by atoms with Crippen LogP contribution in [0.1, 0.15) is 48.1 Å². The van der Waals surface area contributed by atoms with E-state index < -0.39 is 0 Å². The van der Waals surface area contributed by atoms with Crippen LogP contribution in [0.2, 0.25) is 0 Å². The minimum absolute atomic E-state index is 0.0647. The highest BCUT2D eigenvalue weighted by Gasteiger charge is 2.43. The Morgan fingerprint density at radius 3 is 2.64 bits per heavy atom. The van der Waals surface area contributed by atoms with Gasteiger partial charge >= 0.3 is 5.97 Å². The third-order valence-corrected chi connectivity index (χ3v) is 4.67. The first-order valence-corrected chi connectivity index (χ1v) is 7.83. The molecule has 5 heteroatoms. The summed E-state index contributed by atoms with van der Waals surface area (Å²) < 4.78 is 4.68. The van der Waals surface area contributed by atoms with E-state index in [1.807, 2.05) is 19.1 Å². The van der Waals surface area contributed by atoms with E-state index >= 15 is 0 Å². The summed E-state index contributed by atoms with van der Waals surface area (Å²) >= 11 is 0. The van der Waals surface area contributed by atoms with E-state index in [0.29, 0.717) is 11.6 Å². The number of fused-ring (bicyclic) bond motifs is 1. The van der Waals surface area contributed by atoms with Gasteiger partial charge in [-0.25, -0.2) is 4.79 Å². The predicted molar refractivity (Wildman–Crippen MR) is 82.4 cm³/mol. The molecule has 1 heterocycles. The zero-order valence-corrected chi connectivity index (χ0v) is 13.0. The van der Waals surface area contributed by atoms with Gasteiger partial charge in [0.1, 0.15) is 0 Å². The molecule has 2 aliphatic rings. The maximum atomic E-state index is 12.3. The van der Waals surface area contributed by atoms with Gasteiger partial charge in [-0.05, 0) is 49.8 Å². The van der Waals surface area contributed by atoms with Crippen molar-refractivity contribution in [1.29, 1.82) is 0 Å². The number of methoxy groups -OCH3 is 1. The van der Waals surface area contributed by atoms with Crippen molar-refractivity contribution in [2.24, 2.45) is 5.92 Å². The summed E-state index contributed by atoms with van der Waals surface area (Å²) in [6.07, 6.45) is 3.29. The zero-order chi connectivity index (χ0) is 15.7. The third-order valence-electron chi connectivity index (χ3n) is 4.67. The summed E-state index contributed by atoms with van der Waals surface area (Å²) in [7, 11) is 1.36. The standard InChI is InChI=1S/C17H22N2O3/c1-10(11-3-5-12(6-4-11)17(21)22-2)18-16(20)14-8-7-13-9-15(13)19-14/h3-6,10,13-15,19H,7-9H2,1-2H3,(H,18,20)/t10-,13?,14+,15?/m0/s1. The Bertz CT molecular complexity index is 570. The van der Waals surface area contributed by atoms with E-state index in [0.717, 1.165) is 24.3 Å². The van der Waals surface area contributed by atoms with Gasteiger partial charge in [-0.3, -0.25) is 4.79 Å². The molecule has 1 aliphatic carbocycles. The van der Waals surface area contributed by atoms with Crippen LogP contribution in [0.4, 0.5) is 0 Å². The molecule has 5 nitrogen and oxygen atoms in total. The first kappa shape index (κ1) is 15.0. The zero-order valence-electron chi connectivity index (χ0n) is 13.0. The van der Waals surface area contributed by atoms with Crippen LogP contribution in [0.25, 0.3) is 0 Å². The molecule has 4 atom stereocenters. The van der Waals surface area contributed by atoms with Crippen molar-refractivity contribution >= 4 is 11.9 Å². The summed E-state index contributed by atoms with van der Waals surface area (Å²) in [5.41, 5.74) is 1.49. The number of amides is 1. The number of carbonyl (C=O) groups is 2. The van der Waals surface area contributed by atoms with Gasteiger partial charge in [0.05, 0.1) is 24.8 Å². The Labute approximate surface area is 130 Å². The van der Waals surface area contributed by atoms with Gasteiger partial charge in [0, 0.05) is 6.04 Å². The lowest BCUT2D eigenvalue weighted by Crippen LogP contribution is -2.48. The third kappa shape index (κ3) is 3.14. The average molecular weight is 302 g/mol. The van der Waals surface area contributed by atoms with Gasteiger partial charge in [0.25, 0.3) is 0 Å². The molecular weight excluding hydrogens is 280 g/mol. The number of benzene rings is 1. The van der Waals surface area contributed by atoms with Gasteiger partial charge in [0.2, 0.25) is 5.91 Å². The lowest BCUT2D eigenvalue weighted by molar-refractivity contribution is -0.124. The Morgan fingerprint density at radius 2 is 2.00 bits per heavy atom. The number of piperidine rings is 1. The molecule has 0 radical (unpaired) electrons. The van der Waals surface area contributed by atoms with Crippen molar-refractivity contribution in [2.45, 2.75) is 44.3 Å². The van der Waals surface area contributed by atoms with Crippen LogP contribution in [0.15, 0.2) is 24.3 Å². The maximum absolute atomic E-state index is 12.3. The monoisotopic (exact) mass is 302 g/mol. The molecule has 1 saturated carbocycles. The minimum atomic E-state index is -0.353. The molecule has 0 bridgehead atoms. The van der Waals surface area contributed by atoms with Crippen molar-refractivity contribution in [3.8, 4) is 0 Å². The lowest BCUT2D eigenvalue weighted by atomic mass is 10.0. The fourth-order valence-corrected chi connectivity index (χ4v) is 3.12. The van der Waals surface area contributed by atoms with E-state index in [1.165, 1.54) is 13.5 Å². The van der Waals surface area contributed by atoms with E-state index in [9.17, 15) is 9.59 Å². The van der Waals surface area contributed by atoms with Crippen molar-refractivity contribution in [2.75, 3.05) is 7.11 Å². The van der Waals surface area contributed by atoms with E-state index in [4.69, 9.17) is 0 Å². The second-order valence-electron chi connectivity index (χ2n) is 6.24. The molecule has 1 saturated heterocycles. The van der Waals surface area contributed by atoms with Crippen LogP contribution in [0.3, 0.4) is 0 Å². The van der Waals surface area contributed by atoms with Gasteiger partial charge in [0.15, 0.2) is 0 Å². The number of ether oxygens (including phenoxy) is 1. The predicted octanol–water partition coefficient (Wildman–Crippen LogP) is 1.79. The fourth-order valence-electron chi connectivity index (χ4n) is 3.12. The Morgan fingerprint density at radius 1 is 1.27 bits per heavy atom. The molecule has 1 aliphatic heterocycles. The van der Waals surface area contributed by atoms with Crippen LogP contribution >= 0.6 is 0 Å². The summed E-state index contributed by atoms with van der Waals surface area (Å²) in [5, 5.41) is 6.46. The quantitative estimate of drug-likeness (QED) is 0.832. The largest absolute Gasteiger partial charge is 0.465 e. The number of esters is 1. The van der Waals surface area contributed by atoms with Gasteiger partial charge in [-0.2, -0.15) is 0 Å². The lowest BCUT2D eigenvalue weighted by Gasteiger charge is -2.24. The Balaban J connectivity index is 1.57. The smallest absolute Gasteiger partial charge is 0.337 e. The number of hydrogen-bond donors (Lipinski definition) is 2. The fraction of sp³-hybridized carbons (Fsp3) is 0.529. The van der Waals surface area contributed by atoms with Crippen LogP contribution < -0.4 is 10.6 Å². The Hall–Kier alpha value is -1.88. The van der Waals surface area contributed by atoms with Gasteiger partial charge < -0.3 is 15.4 Å². The summed E-state index contributed by atoms with van der Waals surface area (Å²) in [6, 6.07) is 7.54. The van der Waals surface area contributed by atoms with Crippen LogP contribution in [-0.2, 0) is 9.53 Å². The number of nitrogens with one attached hydrogen (secondary N) is 2. The van der Waals surface area contributed by atoms with Gasteiger partial charge in [-0.1, -0.05) is 12.1 Å². The average Bonchev–Trinajstić information content (AvgIpc) is 3.32. The van der Waals surface area contributed by atoms with Gasteiger partial charge in [-0.15, -0.1) is 0 Å². The SMILES string of the molecule is COC(=O)c1ccc([C@H](C)NC(=O)[C@H]2CCC3CC3N2)cc1. The van der Waals surface area contributed by atoms with Crippen LogP contribution in [0, 0.1) is 5.92 Å². The first-order valence-electron chi connectivity index (χ1n) is 7.83. The highest BCUT2D eigenvalue weighted by atomic mass is 16.5. The van der Waals surface area contributed by atoms with Crippen LogP contribution in [0.5, 0.6) is 0 Å². The van der Waals surface area contributed by atoms with Crippen LogP contribution in [-0.4, -0.2) is 31.1 Å². The second kappa shape index (κ2) is 6.08. The molecule has 0 aromatic heterocycles. The van der Waals surface area contributed by atoms with Crippen molar-refractivity contribution < 1.29 is 14.3 Å². The molecule has 1 amide bonds. The van der Waals surface area contributed by atoms with Crippen molar-refractivity contribution in [1.82, 2.24) is 10.6 Å². The summed E-state index contributed by atoms with van der Waals surface area (Å²) in [4.78, 5) is 23.7. The summed E-state index contributed by atoms with van der Waals surface area (Å²) in [6.45, 7) is 1.95. The Kier molecular flexibility index (Phi) is 4.16. The normalized spacial score (nSPS) is 27.5. The molecule has 0 spiro atoms. The molecule has 1 aromatic rings. The molecule has 2 fully saturated rings. The molecular formula is C17H22N2O3. The molecule has 2 N–H and O–H groups in total. The number of hydrogen-bond acceptors (Lipinski definition) is 4. The molecule has 2 unspecified atom stereocenters. The van der Waals surface area contributed by atoms with Crippen molar-refractivity contribution in [3.63, 3.8) is 0 Å². The van der Waals surface area contributed by atoms with E-state index in [2.05, 4.69) is 15.4 Å². The number of rotatable bonds is 4. The molecule has 3 rings (SSSR count). The highest BCUT2D eigenvalue weighted by Crippen LogP contribution is 2.39. The minimum Gasteiger partial charge on any atom is -0.465 e. The second-order valence-corrected chi connectivity index (χ2v) is 6.24. The molecule has 118 valence electrons. The first-order chi connectivity index (χ1) is 10.6. The van der Waals surface area contributed by atoms with E-state index in [1.54, 1.807) is 12.1 Å². The summed E-state index contributed by atoms with van der Waals surface area (Å²) in [5.74, 6) is 0.510. The molecule has 1 aromatic carbocycles.